The quantitative estimate of drug-likeness (QED) is 0.889. The van der Waals surface area contributed by atoms with Gasteiger partial charge in [0.1, 0.15) is 17.4 Å². The first-order chi connectivity index (χ1) is 10.0. The molecule has 0 aliphatic rings. The summed E-state index contributed by atoms with van der Waals surface area (Å²) in [6.45, 7) is 0.333. The normalized spacial score (nSPS) is 10.3. The zero-order valence-corrected chi connectivity index (χ0v) is 13.7. The Kier molecular flexibility index (Phi) is 5.01. The van der Waals surface area contributed by atoms with Gasteiger partial charge in [-0.15, -0.1) is 0 Å². The summed E-state index contributed by atoms with van der Waals surface area (Å²) in [5.41, 5.74) is 1.55. The molecule has 0 aliphatic carbocycles. The molecule has 1 heterocycles. The van der Waals surface area contributed by atoms with Crippen LogP contribution in [0.3, 0.4) is 0 Å². The molecule has 4 nitrogen and oxygen atoms in total. The minimum absolute atomic E-state index is 0.293. The predicted molar refractivity (Wildman–Crippen MR) is 86.5 cm³/mol. The molecule has 0 atom stereocenters. The molecule has 21 heavy (non-hydrogen) atoms. The monoisotopic (exact) mass is 353 g/mol. The van der Waals surface area contributed by atoms with Gasteiger partial charge in [-0.25, -0.2) is 9.37 Å². The molecule has 2 rings (SSSR count). The Hall–Kier alpha value is -1.82. The van der Waals surface area contributed by atoms with E-state index in [0.717, 1.165) is 5.69 Å². The molecule has 1 aromatic heterocycles. The number of aromatic nitrogens is 1. The highest BCUT2D eigenvalue weighted by atomic mass is 79.9. The SMILES string of the molecule is COc1cc(CNc2cc(N(C)C)ccn2)c(F)cc1Br. The molecule has 0 saturated carbocycles. The van der Waals surface area contributed by atoms with E-state index in [2.05, 4.69) is 26.2 Å². The van der Waals surface area contributed by atoms with Crippen molar-refractivity contribution < 1.29 is 9.13 Å². The zero-order chi connectivity index (χ0) is 15.4. The average Bonchev–Trinajstić information content (AvgIpc) is 2.46. The topological polar surface area (TPSA) is 37.4 Å². The number of pyridine rings is 1. The summed E-state index contributed by atoms with van der Waals surface area (Å²) in [6, 6.07) is 6.89. The maximum atomic E-state index is 13.9. The summed E-state index contributed by atoms with van der Waals surface area (Å²) in [5.74, 6) is 1.00. The van der Waals surface area contributed by atoms with E-state index in [1.165, 1.54) is 6.07 Å². The van der Waals surface area contributed by atoms with E-state index in [1.807, 2.05) is 31.1 Å². The molecule has 0 saturated heterocycles. The van der Waals surface area contributed by atoms with Crippen molar-refractivity contribution in [2.45, 2.75) is 6.54 Å². The Labute approximate surface area is 132 Å². The van der Waals surface area contributed by atoms with E-state index in [4.69, 9.17) is 4.74 Å². The van der Waals surface area contributed by atoms with Crippen molar-refractivity contribution in [1.82, 2.24) is 4.98 Å². The number of nitrogens with zero attached hydrogens (tertiary/aromatic N) is 2. The average molecular weight is 354 g/mol. The van der Waals surface area contributed by atoms with Crippen LogP contribution in [-0.4, -0.2) is 26.2 Å². The molecular weight excluding hydrogens is 337 g/mol. The van der Waals surface area contributed by atoms with Gasteiger partial charge in [0, 0.05) is 44.2 Å². The molecule has 0 radical (unpaired) electrons. The molecule has 0 amide bonds. The molecule has 0 unspecified atom stereocenters. The van der Waals surface area contributed by atoms with E-state index in [0.29, 0.717) is 28.1 Å². The number of nitrogens with one attached hydrogen (secondary N) is 1. The molecule has 2 aromatic rings. The smallest absolute Gasteiger partial charge is 0.133 e. The van der Waals surface area contributed by atoms with Gasteiger partial charge in [0.15, 0.2) is 0 Å². The second kappa shape index (κ2) is 6.76. The fourth-order valence-electron chi connectivity index (χ4n) is 1.84. The standard InChI is InChI=1S/C15H17BrFN3O/c1-20(2)11-4-5-18-15(7-11)19-9-10-6-14(21-3)12(16)8-13(10)17/h4-8H,9H2,1-3H3,(H,18,19). The number of benzene rings is 1. The van der Waals surface area contributed by atoms with Gasteiger partial charge in [0.05, 0.1) is 11.6 Å². The van der Waals surface area contributed by atoms with E-state index in [9.17, 15) is 4.39 Å². The zero-order valence-electron chi connectivity index (χ0n) is 12.2. The third kappa shape index (κ3) is 3.85. The fourth-order valence-corrected chi connectivity index (χ4v) is 2.32. The molecule has 0 aliphatic heterocycles. The first kappa shape index (κ1) is 15.6. The van der Waals surface area contributed by atoms with Crippen molar-refractivity contribution >= 4 is 27.4 Å². The number of methoxy groups -OCH3 is 1. The van der Waals surface area contributed by atoms with Gasteiger partial charge in [-0.2, -0.15) is 0 Å². The lowest BCUT2D eigenvalue weighted by atomic mass is 10.2. The molecule has 112 valence electrons. The van der Waals surface area contributed by atoms with Crippen molar-refractivity contribution in [3.63, 3.8) is 0 Å². The summed E-state index contributed by atoms with van der Waals surface area (Å²) in [4.78, 5) is 6.21. The largest absolute Gasteiger partial charge is 0.496 e. The van der Waals surface area contributed by atoms with Gasteiger partial charge in [-0.1, -0.05) is 0 Å². The molecular formula is C15H17BrFN3O. The molecule has 1 N–H and O–H groups in total. The maximum Gasteiger partial charge on any atom is 0.133 e. The van der Waals surface area contributed by atoms with Gasteiger partial charge in [0.2, 0.25) is 0 Å². The third-order valence-corrected chi connectivity index (χ3v) is 3.66. The molecule has 6 heteroatoms. The number of rotatable bonds is 5. The van der Waals surface area contributed by atoms with Crippen LogP contribution in [0, 0.1) is 5.82 Å². The summed E-state index contributed by atoms with van der Waals surface area (Å²) < 4.78 is 19.7. The van der Waals surface area contributed by atoms with Gasteiger partial charge >= 0.3 is 0 Å². The summed E-state index contributed by atoms with van der Waals surface area (Å²) in [7, 11) is 5.47. The van der Waals surface area contributed by atoms with Crippen LogP contribution in [0.25, 0.3) is 0 Å². The van der Waals surface area contributed by atoms with Crippen molar-refractivity contribution in [2.24, 2.45) is 0 Å². The lowest BCUT2D eigenvalue weighted by Crippen LogP contribution is -2.10. The second-order valence-corrected chi connectivity index (χ2v) is 5.58. The van der Waals surface area contributed by atoms with E-state index >= 15 is 0 Å². The van der Waals surface area contributed by atoms with Crippen molar-refractivity contribution in [1.29, 1.82) is 0 Å². The van der Waals surface area contributed by atoms with Crippen molar-refractivity contribution in [2.75, 3.05) is 31.4 Å². The van der Waals surface area contributed by atoms with Crippen LogP contribution in [0.4, 0.5) is 15.9 Å². The fraction of sp³-hybridized carbons (Fsp3) is 0.267. The van der Waals surface area contributed by atoms with Gasteiger partial charge in [-0.05, 0) is 34.1 Å². The van der Waals surface area contributed by atoms with E-state index in [-0.39, 0.29) is 5.82 Å². The first-order valence-electron chi connectivity index (χ1n) is 6.40. The lowest BCUT2D eigenvalue weighted by molar-refractivity contribution is 0.410. The van der Waals surface area contributed by atoms with Crippen LogP contribution in [0.5, 0.6) is 5.75 Å². The van der Waals surface area contributed by atoms with Crippen LogP contribution < -0.4 is 15.0 Å². The highest BCUT2D eigenvalue weighted by molar-refractivity contribution is 9.10. The van der Waals surface area contributed by atoms with Crippen LogP contribution >= 0.6 is 15.9 Å². The molecule has 0 bridgehead atoms. The van der Waals surface area contributed by atoms with Crippen LogP contribution in [0.15, 0.2) is 34.9 Å². The first-order valence-corrected chi connectivity index (χ1v) is 7.19. The van der Waals surface area contributed by atoms with Crippen LogP contribution in [0.2, 0.25) is 0 Å². The second-order valence-electron chi connectivity index (χ2n) is 4.73. The Morgan fingerprint density at radius 2 is 2.10 bits per heavy atom. The summed E-state index contributed by atoms with van der Waals surface area (Å²) in [5, 5.41) is 3.12. The van der Waals surface area contributed by atoms with Crippen molar-refractivity contribution in [3.8, 4) is 5.75 Å². The Bertz CT molecular complexity index is 634. The Morgan fingerprint density at radius 1 is 1.33 bits per heavy atom. The van der Waals surface area contributed by atoms with Crippen molar-refractivity contribution in [3.05, 3.63) is 46.3 Å². The molecule has 0 fully saturated rings. The maximum absolute atomic E-state index is 13.9. The highest BCUT2D eigenvalue weighted by Crippen LogP contribution is 2.28. The minimum Gasteiger partial charge on any atom is -0.496 e. The highest BCUT2D eigenvalue weighted by Gasteiger charge is 2.09. The molecule has 1 aromatic carbocycles. The van der Waals surface area contributed by atoms with Gasteiger partial charge < -0.3 is 15.0 Å². The third-order valence-electron chi connectivity index (χ3n) is 3.04. The van der Waals surface area contributed by atoms with Crippen LogP contribution in [-0.2, 0) is 6.54 Å². The van der Waals surface area contributed by atoms with Gasteiger partial charge in [-0.3, -0.25) is 0 Å². The number of hydrogen-bond donors (Lipinski definition) is 1. The van der Waals surface area contributed by atoms with E-state index in [1.54, 1.807) is 19.4 Å². The summed E-state index contributed by atoms with van der Waals surface area (Å²) in [6.07, 6.45) is 1.72. The van der Waals surface area contributed by atoms with Gasteiger partial charge in [0.25, 0.3) is 0 Å². The van der Waals surface area contributed by atoms with E-state index < -0.39 is 0 Å². The van der Waals surface area contributed by atoms with Crippen LogP contribution in [0.1, 0.15) is 5.56 Å². The molecule has 0 spiro atoms. The minimum atomic E-state index is -0.293. The lowest BCUT2D eigenvalue weighted by Gasteiger charge is -2.14. The summed E-state index contributed by atoms with van der Waals surface area (Å²) >= 11 is 3.26. The number of hydrogen-bond acceptors (Lipinski definition) is 4. The Balaban J connectivity index is 2.14. The number of anilines is 2. The number of ether oxygens (including phenoxy) is 1. The predicted octanol–water partition coefficient (Wildman–Crippen LogP) is 3.67. The number of halogens is 2. The Morgan fingerprint density at radius 3 is 2.76 bits per heavy atom.